The number of para-hydroxylation sites is 1. The van der Waals surface area contributed by atoms with E-state index in [4.69, 9.17) is 22.8 Å². The fourth-order valence-electron chi connectivity index (χ4n) is 2.56. The van der Waals surface area contributed by atoms with Gasteiger partial charge < -0.3 is 14.6 Å². The van der Waals surface area contributed by atoms with Crippen molar-refractivity contribution >= 4 is 29.3 Å². The zero-order valence-electron chi connectivity index (χ0n) is 15.4. The smallest absolute Gasteiger partial charge is 0.231 e. The molecule has 0 unspecified atom stereocenters. The molecule has 27 heavy (non-hydrogen) atoms. The fourth-order valence-corrected chi connectivity index (χ4v) is 3.60. The van der Waals surface area contributed by atoms with Crippen molar-refractivity contribution in [2.75, 3.05) is 12.3 Å². The van der Waals surface area contributed by atoms with Gasteiger partial charge in [-0.25, -0.2) is 0 Å². The molecule has 0 saturated heterocycles. The standard InChI is InChI=1S/C19H23ClN4O2S/c1-4-11-21-18(25)13-27-19-23-22-17(24(19)14(5-2)6-3)12-26-16-10-8-7-9-15(16)20/h1,7-10,14H,5-6,11-13H2,2-3H3,(H,21,25). The Labute approximate surface area is 169 Å². The van der Waals surface area contributed by atoms with Crippen LogP contribution in [0.25, 0.3) is 0 Å². The van der Waals surface area contributed by atoms with Crippen LogP contribution in [0.4, 0.5) is 0 Å². The Hall–Kier alpha value is -2.17. The van der Waals surface area contributed by atoms with E-state index in [2.05, 4.69) is 39.8 Å². The molecular weight excluding hydrogens is 384 g/mol. The molecule has 0 aliphatic heterocycles. The number of nitrogens with one attached hydrogen (secondary N) is 1. The maximum absolute atomic E-state index is 11.8. The highest BCUT2D eigenvalue weighted by Crippen LogP contribution is 2.28. The molecule has 0 bridgehead atoms. The number of rotatable bonds is 10. The Balaban J connectivity index is 2.14. The van der Waals surface area contributed by atoms with Crippen molar-refractivity contribution < 1.29 is 9.53 Å². The molecule has 0 radical (unpaired) electrons. The Kier molecular flexibility index (Phi) is 8.49. The molecule has 6 nitrogen and oxygen atoms in total. The van der Waals surface area contributed by atoms with Gasteiger partial charge in [0.25, 0.3) is 0 Å². The molecule has 0 saturated carbocycles. The lowest BCUT2D eigenvalue weighted by molar-refractivity contribution is -0.118. The van der Waals surface area contributed by atoms with E-state index in [-0.39, 0.29) is 30.9 Å². The SMILES string of the molecule is C#CCNC(=O)CSc1nnc(COc2ccccc2Cl)n1C(CC)CC. The van der Waals surface area contributed by atoms with Crippen molar-refractivity contribution in [1.29, 1.82) is 0 Å². The van der Waals surface area contributed by atoms with Crippen LogP contribution in [-0.2, 0) is 11.4 Å². The van der Waals surface area contributed by atoms with Gasteiger partial charge in [-0.3, -0.25) is 4.79 Å². The molecule has 1 aromatic carbocycles. The number of terminal acetylenes is 1. The largest absolute Gasteiger partial charge is 0.484 e. The van der Waals surface area contributed by atoms with E-state index < -0.39 is 0 Å². The first-order valence-corrected chi connectivity index (χ1v) is 10.1. The highest BCUT2D eigenvalue weighted by Gasteiger charge is 2.20. The van der Waals surface area contributed by atoms with E-state index >= 15 is 0 Å². The third-order valence-electron chi connectivity index (χ3n) is 3.96. The molecule has 1 heterocycles. The minimum absolute atomic E-state index is 0.133. The number of thioether (sulfide) groups is 1. The predicted octanol–water partition coefficient (Wildman–Crippen LogP) is 3.71. The lowest BCUT2D eigenvalue weighted by atomic mass is 10.2. The minimum atomic E-state index is -0.133. The van der Waals surface area contributed by atoms with Gasteiger partial charge in [0, 0.05) is 6.04 Å². The van der Waals surface area contributed by atoms with Crippen LogP contribution in [-0.4, -0.2) is 33.0 Å². The molecule has 0 aliphatic carbocycles. The molecular formula is C19H23ClN4O2S. The Morgan fingerprint density at radius 3 is 2.78 bits per heavy atom. The van der Waals surface area contributed by atoms with Crippen molar-refractivity contribution in [3.8, 4) is 18.1 Å². The van der Waals surface area contributed by atoms with Crippen LogP contribution in [0.2, 0.25) is 5.02 Å². The van der Waals surface area contributed by atoms with Crippen LogP contribution in [0.3, 0.4) is 0 Å². The summed E-state index contributed by atoms with van der Waals surface area (Å²) >= 11 is 7.49. The summed E-state index contributed by atoms with van der Waals surface area (Å²) in [7, 11) is 0. The first kappa shape index (κ1) is 21.1. The number of halogens is 1. The molecule has 2 aromatic rings. The van der Waals surface area contributed by atoms with E-state index in [9.17, 15) is 4.79 Å². The average Bonchev–Trinajstić information content (AvgIpc) is 3.08. The molecule has 0 fully saturated rings. The molecule has 0 atom stereocenters. The van der Waals surface area contributed by atoms with Crippen LogP contribution in [0, 0.1) is 12.3 Å². The molecule has 2 rings (SSSR count). The van der Waals surface area contributed by atoms with E-state index in [0.29, 0.717) is 21.8 Å². The molecule has 8 heteroatoms. The number of benzene rings is 1. The van der Waals surface area contributed by atoms with Gasteiger partial charge in [-0.15, -0.1) is 16.6 Å². The summed E-state index contributed by atoms with van der Waals surface area (Å²) in [5.41, 5.74) is 0. The van der Waals surface area contributed by atoms with Crippen molar-refractivity contribution in [3.63, 3.8) is 0 Å². The lowest BCUT2D eigenvalue weighted by Gasteiger charge is -2.19. The molecule has 1 amide bonds. The van der Waals surface area contributed by atoms with E-state index in [0.717, 1.165) is 12.8 Å². The van der Waals surface area contributed by atoms with Crippen LogP contribution >= 0.6 is 23.4 Å². The summed E-state index contributed by atoms with van der Waals surface area (Å²) in [6, 6.07) is 7.52. The van der Waals surface area contributed by atoms with Gasteiger partial charge in [0.1, 0.15) is 12.4 Å². The van der Waals surface area contributed by atoms with Crippen LogP contribution in [0.15, 0.2) is 29.4 Å². The maximum atomic E-state index is 11.8. The summed E-state index contributed by atoms with van der Waals surface area (Å²) in [5.74, 6) is 3.78. The van der Waals surface area contributed by atoms with Crippen LogP contribution in [0.5, 0.6) is 5.75 Å². The number of aromatic nitrogens is 3. The number of hydrogen-bond acceptors (Lipinski definition) is 5. The van der Waals surface area contributed by atoms with Crippen molar-refractivity contribution in [2.45, 2.75) is 44.5 Å². The number of nitrogens with zero attached hydrogens (tertiary/aromatic N) is 3. The van der Waals surface area contributed by atoms with Crippen molar-refractivity contribution in [1.82, 2.24) is 20.1 Å². The van der Waals surface area contributed by atoms with E-state index in [1.165, 1.54) is 11.8 Å². The molecule has 1 aromatic heterocycles. The Morgan fingerprint density at radius 1 is 1.37 bits per heavy atom. The number of carbonyl (C=O) groups excluding carboxylic acids is 1. The second-order valence-electron chi connectivity index (χ2n) is 5.73. The normalized spacial score (nSPS) is 10.6. The Bertz CT molecular complexity index is 799. The minimum Gasteiger partial charge on any atom is -0.484 e. The maximum Gasteiger partial charge on any atom is 0.231 e. The number of carbonyl (C=O) groups is 1. The van der Waals surface area contributed by atoms with Gasteiger partial charge >= 0.3 is 0 Å². The molecule has 0 spiro atoms. The third kappa shape index (κ3) is 5.91. The monoisotopic (exact) mass is 406 g/mol. The second kappa shape index (κ2) is 10.9. The third-order valence-corrected chi connectivity index (χ3v) is 5.21. The second-order valence-corrected chi connectivity index (χ2v) is 7.08. The van der Waals surface area contributed by atoms with Gasteiger partial charge in [0.2, 0.25) is 5.91 Å². The predicted molar refractivity (Wildman–Crippen MR) is 108 cm³/mol. The van der Waals surface area contributed by atoms with Gasteiger partial charge in [-0.2, -0.15) is 0 Å². The van der Waals surface area contributed by atoms with E-state index in [1.807, 2.05) is 18.2 Å². The lowest BCUT2D eigenvalue weighted by Crippen LogP contribution is -2.25. The topological polar surface area (TPSA) is 69.0 Å². The first-order valence-electron chi connectivity index (χ1n) is 8.74. The van der Waals surface area contributed by atoms with Crippen LogP contribution in [0.1, 0.15) is 38.6 Å². The summed E-state index contributed by atoms with van der Waals surface area (Å²) in [4.78, 5) is 11.8. The van der Waals surface area contributed by atoms with Gasteiger partial charge in [-0.1, -0.05) is 55.3 Å². The quantitative estimate of drug-likeness (QED) is 0.481. The highest BCUT2D eigenvalue weighted by molar-refractivity contribution is 7.99. The summed E-state index contributed by atoms with van der Waals surface area (Å²) in [6.45, 7) is 4.69. The summed E-state index contributed by atoms with van der Waals surface area (Å²) in [6.07, 6.45) is 7.00. The van der Waals surface area contributed by atoms with Crippen LogP contribution < -0.4 is 10.1 Å². The number of hydrogen-bond donors (Lipinski definition) is 1. The number of amides is 1. The summed E-state index contributed by atoms with van der Waals surface area (Å²) < 4.78 is 7.88. The molecule has 1 N–H and O–H groups in total. The van der Waals surface area contributed by atoms with E-state index in [1.54, 1.807) is 6.07 Å². The summed E-state index contributed by atoms with van der Waals surface area (Å²) in [5, 5.41) is 12.4. The number of ether oxygens (including phenoxy) is 1. The highest BCUT2D eigenvalue weighted by atomic mass is 35.5. The van der Waals surface area contributed by atoms with Gasteiger partial charge in [-0.05, 0) is 25.0 Å². The van der Waals surface area contributed by atoms with Gasteiger partial charge in [0.05, 0.1) is 17.3 Å². The fraction of sp³-hybridized carbons (Fsp3) is 0.421. The van der Waals surface area contributed by atoms with Crippen molar-refractivity contribution in [2.24, 2.45) is 0 Å². The van der Waals surface area contributed by atoms with Crippen molar-refractivity contribution in [3.05, 3.63) is 35.1 Å². The average molecular weight is 407 g/mol. The zero-order chi connectivity index (χ0) is 19.6. The molecule has 144 valence electrons. The zero-order valence-corrected chi connectivity index (χ0v) is 17.0. The van der Waals surface area contributed by atoms with Gasteiger partial charge in [0.15, 0.2) is 11.0 Å². The molecule has 0 aliphatic rings. The Morgan fingerprint density at radius 2 is 2.11 bits per heavy atom. The first-order chi connectivity index (χ1) is 13.1.